The molecule has 2 N–H and O–H groups in total. The molecule has 2 rings (SSSR count). The van der Waals surface area contributed by atoms with Gasteiger partial charge < -0.3 is 15.4 Å². The standard InChI is InChI=1S/C14H20N2O2/c1-10-3-4-11(2)13(9-10)18-14(17)16-12-5-7-15-8-6-12/h3-4,9,12,15H,5-8H2,1-2H3,(H,16,17). The molecule has 0 aliphatic carbocycles. The number of rotatable bonds is 2. The predicted molar refractivity (Wildman–Crippen MR) is 71.0 cm³/mol. The lowest BCUT2D eigenvalue weighted by molar-refractivity contribution is 0.192. The van der Waals surface area contributed by atoms with Crippen LogP contribution in [0.4, 0.5) is 4.79 Å². The lowest BCUT2D eigenvalue weighted by Crippen LogP contribution is -2.43. The molecule has 18 heavy (non-hydrogen) atoms. The summed E-state index contributed by atoms with van der Waals surface area (Å²) in [7, 11) is 0. The van der Waals surface area contributed by atoms with Gasteiger partial charge in [0.25, 0.3) is 0 Å². The quantitative estimate of drug-likeness (QED) is 0.843. The van der Waals surface area contributed by atoms with Crippen LogP contribution < -0.4 is 15.4 Å². The first-order valence-corrected chi connectivity index (χ1v) is 6.41. The van der Waals surface area contributed by atoms with Gasteiger partial charge in [0.2, 0.25) is 0 Å². The summed E-state index contributed by atoms with van der Waals surface area (Å²) in [6, 6.07) is 6.08. The molecular weight excluding hydrogens is 228 g/mol. The number of nitrogens with one attached hydrogen (secondary N) is 2. The molecule has 0 aromatic heterocycles. The molecule has 1 amide bonds. The fraction of sp³-hybridized carbons (Fsp3) is 0.500. The second-order valence-corrected chi connectivity index (χ2v) is 4.83. The minimum atomic E-state index is -0.351. The highest BCUT2D eigenvalue weighted by atomic mass is 16.6. The zero-order valence-corrected chi connectivity index (χ0v) is 11.0. The molecule has 1 aliphatic heterocycles. The number of carbonyl (C=O) groups excluding carboxylic acids is 1. The highest BCUT2D eigenvalue weighted by Crippen LogP contribution is 2.19. The molecule has 0 bridgehead atoms. The minimum absolute atomic E-state index is 0.226. The molecule has 1 fully saturated rings. The van der Waals surface area contributed by atoms with Crippen molar-refractivity contribution in [3.63, 3.8) is 0 Å². The van der Waals surface area contributed by atoms with Crippen LogP contribution in [0.25, 0.3) is 0 Å². The third-order valence-electron chi connectivity index (χ3n) is 3.21. The maximum Gasteiger partial charge on any atom is 0.412 e. The van der Waals surface area contributed by atoms with Crippen LogP contribution in [-0.4, -0.2) is 25.2 Å². The Morgan fingerprint density at radius 2 is 2.06 bits per heavy atom. The summed E-state index contributed by atoms with van der Waals surface area (Å²) in [5, 5.41) is 6.17. The van der Waals surface area contributed by atoms with Crippen molar-refractivity contribution in [1.82, 2.24) is 10.6 Å². The topological polar surface area (TPSA) is 50.4 Å². The van der Waals surface area contributed by atoms with Crippen molar-refractivity contribution >= 4 is 6.09 Å². The maximum absolute atomic E-state index is 11.8. The monoisotopic (exact) mass is 248 g/mol. The van der Waals surface area contributed by atoms with E-state index in [9.17, 15) is 4.79 Å². The van der Waals surface area contributed by atoms with Crippen molar-refractivity contribution in [3.8, 4) is 5.75 Å². The Bertz CT molecular complexity index is 426. The number of aryl methyl sites for hydroxylation is 2. The molecule has 1 heterocycles. The van der Waals surface area contributed by atoms with E-state index in [1.807, 2.05) is 32.0 Å². The van der Waals surface area contributed by atoms with Gasteiger partial charge in [-0.05, 0) is 57.0 Å². The number of ether oxygens (including phenoxy) is 1. The van der Waals surface area contributed by atoms with Gasteiger partial charge in [0, 0.05) is 6.04 Å². The largest absolute Gasteiger partial charge is 0.412 e. The van der Waals surface area contributed by atoms with Crippen molar-refractivity contribution in [2.45, 2.75) is 32.7 Å². The normalized spacial score (nSPS) is 16.3. The molecule has 98 valence electrons. The number of piperidine rings is 1. The summed E-state index contributed by atoms with van der Waals surface area (Å²) in [6.45, 7) is 5.83. The molecule has 0 atom stereocenters. The van der Waals surface area contributed by atoms with Crippen LogP contribution in [-0.2, 0) is 0 Å². The van der Waals surface area contributed by atoms with Gasteiger partial charge in [0.15, 0.2) is 0 Å². The average Bonchev–Trinajstić information content (AvgIpc) is 2.35. The Labute approximate surface area is 108 Å². The van der Waals surface area contributed by atoms with E-state index in [4.69, 9.17) is 4.74 Å². The second kappa shape index (κ2) is 5.87. The van der Waals surface area contributed by atoms with E-state index in [-0.39, 0.29) is 12.1 Å². The van der Waals surface area contributed by atoms with Crippen LogP contribution in [0.1, 0.15) is 24.0 Å². The van der Waals surface area contributed by atoms with E-state index in [1.54, 1.807) is 0 Å². The summed E-state index contributed by atoms with van der Waals surface area (Å²) in [5.74, 6) is 0.640. The van der Waals surface area contributed by atoms with Crippen LogP contribution >= 0.6 is 0 Å². The highest BCUT2D eigenvalue weighted by Gasteiger charge is 2.16. The van der Waals surface area contributed by atoms with E-state index in [1.165, 1.54) is 0 Å². The van der Waals surface area contributed by atoms with Gasteiger partial charge in [0.1, 0.15) is 5.75 Å². The molecule has 0 saturated carbocycles. The van der Waals surface area contributed by atoms with Crippen LogP contribution in [0.2, 0.25) is 0 Å². The molecule has 0 unspecified atom stereocenters. The molecule has 4 heteroatoms. The summed E-state index contributed by atoms with van der Waals surface area (Å²) >= 11 is 0. The van der Waals surface area contributed by atoms with Crippen molar-refractivity contribution in [1.29, 1.82) is 0 Å². The average molecular weight is 248 g/mol. The van der Waals surface area contributed by atoms with Crippen molar-refractivity contribution < 1.29 is 9.53 Å². The van der Waals surface area contributed by atoms with Crippen LogP contribution in [0.5, 0.6) is 5.75 Å². The molecule has 1 aliphatic rings. The van der Waals surface area contributed by atoms with Crippen molar-refractivity contribution in [2.24, 2.45) is 0 Å². The molecular formula is C14H20N2O2. The van der Waals surface area contributed by atoms with E-state index in [2.05, 4.69) is 10.6 Å². The lowest BCUT2D eigenvalue weighted by atomic mass is 10.1. The lowest BCUT2D eigenvalue weighted by Gasteiger charge is -2.23. The molecule has 1 saturated heterocycles. The molecule has 1 aromatic carbocycles. The first kappa shape index (κ1) is 12.9. The van der Waals surface area contributed by atoms with E-state index >= 15 is 0 Å². The van der Waals surface area contributed by atoms with Gasteiger partial charge in [-0.2, -0.15) is 0 Å². The second-order valence-electron chi connectivity index (χ2n) is 4.83. The third-order valence-corrected chi connectivity index (χ3v) is 3.21. The minimum Gasteiger partial charge on any atom is -0.410 e. The number of hydrogen-bond donors (Lipinski definition) is 2. The SMILES string of the molecule is Cc1ccc(C)c(OC(=O)NC2CCNCC2)c1. The molecule has 0 radical (unpaired) electrons. The molecule has 0 spiro atoms. The first-order valence-electron chi connectivity index (χ1n) is 6.41. The van der Waals surface area contributed by atoms with Crippen molar-refractivity contribution in [2.75, 3.05) is 13.1 Å². The van der Waals surface area contributed by atoms with Gasteiger partial charge >= 0.3 is 6.09 Å². The fourth-order valence-corrected chi connectivity index (χ4v) is 2.08. The van der Waals surface area contributed by atoms with Crippen LogP contribution in [0.3, 0.4) is 0 Å². The van der Waals surface area contributed by atoms with E-state index < -0.39 is 0 Å². The Kier molecular flexibility index (Phi) is 4.20. The number of hydrogen-bond acceptors (Lipinski definition) is 3. The Balaban J connectivity index is 1.92. The summed E-state index contributed by atoms with van der Waals surface area (Å²) in [5.41, 5.74) is 2.06. The Morgan fingerprint density at radius 3 is 2.78 bits per heavy atom. The highest BCUT2D eigenvalue weighted by molar-refractivity contribution is 5.71. The van der Waals surface area contributed by atoms with Crippen molar-refractivity contribution in [3.05, 3.63) is 29.3 Å². The Hall–Kier alpha value is -1.55. The summed E-state index contributed by atoms with van der Waals surface area (Å²) in [6.07, 6.45) is 1.57. The van der Waals surface area contributed by atoms with E-state index in [0.717, 1.165) is 37.1 Å². The van der Waals surface area contributed by atoms with Crippen LogP contribution in [0, 0.1) is 13.8 Å². The zero-order chi connectivity index (χ0) is 13.0. The zero-order valence-electron chi connectivity index (χ0n) is 11.0. The molecule has 4 nitrogen and oxygen atoms in total. The third kappa shape index (κ3) is 3.47. The fourth-order valence-electron chi connectivity index (χ4n) is 2.08. The van der Waals surface area contributed by atoms with Gasteiger partial charge in [-0.3, -0.25) is 0 Å². The number of benzene rings is 1. The summed E-state index contributed by atoms with van der Waals surface area (Å²) in [4.78, 5) is 11.8. The maximum atomic E-state index is 11.8. The predicted octanol–water partition coefficient (Wildman–Crippen LogP) is 2.14. The summed E-state index contributed by atoms with van der Waals surface area (Å²) < 4.78 is 5.36. The van der Waals surface area contributed by atoms with Gasteiger partial charge in [0.05, 0.1) is 0 Å². The smallest absolute Gasteiger partial charge is 0.410 e. The van der Waals surface area contributed by atoms with E-state index in [0.29, 0.717) is 5.75 Å². The van der Waals surface area contributed by atoms with Gasteiger partial charge in [-0.25, -0.2) is 4.79 Å². The van der Waals surface area contributed by atoms with Crippen LogP contribution in [0.15, 0.2) is 18.2 Å². The molecule has 1 aromatic rings. The number of amides is 1. The first-order chi connectivity index (χ1) is 8.65. The number of carbonyl (C=O) groups is 1. The Morgan fingerprint density at radius 1 is 1.33 bits per heavy atom. The van der Waals surface area contributed by atoms with Gasteiger partial charge in [-0.1, -0.05) is 12.1 Å². The van der Waals surface area contributed by atoms with Gasteiger partial charge in [-0.15, -0.1) is 0 Å².